The molecule has 1 aliphatic rings. The van der Waals surface area contributed by atoms with Gasteiger partial charge in [0.05, 0.1) is 5.56 Å². The van der Waals surface area contributed by atoms with Gasteiger partial charge in [0, 0.05) is 38.1 Å². The Hall–Kier alpha value is -2.24. The molecule has 0 aliphatic carbocycles. The first kappa shape index (κ1) is 16.6. The van der Waals surface area contributed by atoms with Gasteiger partial charge in [-0.25, -0.2) is 4.98 Å². The second kappa shape index (κ2) is 6.34. The number of halogens is 3. The van der Waals surface area contributed by atoms with E-state index in [9.17, 15) is 13.2 Å². The van der Waals surface area contributed by atoms with Gasteiger partial charge in [0.25, 0.3) is 0 Å². The van der Waals surface area contributed by atoms with Crippen LogP contribution in [0.1, 0.15) is 16.7 Å². The zero-order chi connectivity index (χ0) is 17.3. The van der Waals surface area contributed by atoms with Crippen LogP contribution in [0, 0.1) is 13.8 Å². The lowest BCUT2D eigenvalue weighted by Gasteiger charge is -2.37. The lowest BCUT2D eigenvalue weighted by atomic mass is 10.1. The summed E-state index contributed by atoms with van der Waals surface area (Å²) in [6, 6.07) is 8.83. The highest BCUT2D eigenvalue weighted by molar-refractivity contribution is 5.57. The first-order valence-electron chi connectivity index (χ1n) is 7.95. The van der Waals surface area contributed by atoms with Crippen LogP contribution < -0.4 is 9.80 Å². The molecule has 2 heterocycles. The van der Waals surface area contributed by atoms with Crippen molar-refractivity contribution in [3.05, 3.63) is 53.2 Å². The van der Waals surface area contributed by atoms with E-state index in [1.165, 1.54) is 22.9 Å². The molecule has 0 bridgehead atoms. The van der Waals surface area contributed by atoms with Gasteiger partial charge in [-0.1, -0.05) is 12.1 Å². The number of benzene rings is 1. The number of alkyl halides is 3. The molecular weight excluding hydrogens is 315 g/mol. The third kappa shape index (κ3) is 3.32. The molecule has 0 atom stereocenters. The minimum absolute atomic E-state index is 0.601. The molecule has 0 spiro atoms. The number of pyridine rings is 1. The molecule has 3 rings (SSSR count). The van der Waals surface area contributed by atoms with Crippen molar-refractivity contribution in [1.29, 1.82) is 0 Å². The predicted molar refractivity (Wildman–Crippen MR) is 89.6 cm³/mol. The maximum absolute atomic E-state index is 12.6. The average Bonchev–Trinajstić information content (AvgIpc) is 2.57. The van der Waals surface area contributed by atoms with Gasteiger partial charge >= 0.3 is 6.18 Å². The lowest BCUT2D eigenvalue weighted by molar-refractivity contribution is -0.137. The van der Waals surface area contributed by atoms with Crippen LogP contribution in [0.15, 0.2) is 36.5 Å². The molecule has 3 nitrogen and oxygen atoms in total. The van der Waals surface area contributed by atoms with Crippen molar-refractivity contribution >= 4 is 11.5 Å². The second-order valence-corrected chi connectivity index (χ2v) is 6.10. The Morgan fingerprint density at radius 2 is 1.58 bits per heavy atom. The predicted octanol–water partition coefficient (Wildman–Crippen LogP) is 4.04. The van der Waals surface area contributed by atoms with Crippen LogP contribution in [0.5, 0.6) is 0 Å². The molecule has 24 heavy (non-hydrogen) atoms. The molecule has 0 radical (unpaired) electrons. The Labute approximate surface area is 139 Å². The van der Waals surface area contributed by atoms with E-state index in [1.54, 1.807) is 0 Å². The smallest absolute Gasteiger partial charge is 0.368 e. The van der Waals surface area contributed by atoms with Crippen molar-refractivity contribution in [2.45, 2.75) is 20.0 Å². The first-order valence-corrected chi connectivity index (χ1v) is 7.95. The number of anilines is 2. The molecule has 6 heteroatoms. The van der Waals surface area contributed by atoms with Gasteiger partial charge in [-0.15, -0.1) is 0 Å². The fourth-order valence-electron chi connectivity index (χ4n) is 3.00. The van der Waals surface area contributed by atoms with E-state index >= 15 is 0 Å². The van der Waals surface area contributed by atoms with Crippen LogP contribution in [0.25, 0.3) is 0 Å². The van der Waals surface area contributed by atoms with Crippen molar-refractivity contribution in [1.82, 2.24) is 4.98 Å². The summed E-state index contributed by atoms with van der Waals surface area (Å²) in [6.07, 6.45) is -3.43. The summed E-state index contributed by atoms with van der Waals surface area (Å²) in [5, 5.41) is 0. The first-order chi connectivity index (χ1) is 11.4. The zero-order valence-electron chi connectivity index (χ0n) is 13.8. The highest BCUT2D eigenvalue weighted by Crippen LogP contribution is 2.30. The highest BCUT2D eigenvalue weighted by Gasteiger charge is 2.31. The summed E-state index contributed by atoms with van der Waals surface area (Å²) < 4.78 is 37.8. The molecular formula is C18H20F3N3. The molecule has 1 aromatic heterocycles. The third-order valence-electron chi connectivity index (χ3n) is 4.60. The van der Waals surface area contributed by atoms with Gasteiger partial charge < -0.3 is 9.80 Å². The maximum atomic E-state index is 12.6. The molecule has 0 saturated carbocycles. The number of hydrogen-bond acceptors (Lipinski definition) is 3. The third-order valence-corrected chi connectivity index (χ3v) is 4.60. The van der Waals surface area contributed by atoms with Crippen molar-refractivity contribution in [3.63, 3.8) is 0 Å². The van der Waals surface area contributed by atoms with Crippen molar-refractivity contribution < 1.29 is 13.2 Å². The molecule has 1 aliphatic heterocycles. The lowest BCUT2D eigenvalue weighted by Crippen LogP contribution is -2.47. The molecule has 0 unspecified atom stereocenters. The Kier molecular flexibility index (Phi) is 4.39. The van der Waals surface area contributed by atoms with Gasteiger partial charge in [0.15, 0.2) is 0 Å². The van der Waals surface area contributed by atoms with Gasteiger partial charge in [-0.05, 0) is 43.2 Å². The fraction of sp³-hybridized carbons (Fsp3) is 0.389. The number of aromatic nitrogens is 1. The largest absolute Gasteiger partial charge is 0.417 e. The monoisotopic (exact) mass is 335 g/mol. The standard InChI is InChI=1S/C18H20F3N3/c1-13-4-3-5-16(14(13)2)23-8-10-24(11-9-23)17-7-6-15(12-22-17)18(19,20)21/h3-7,12H,8-11H2,1-2H3. The molecule has 1 aromatic carbocycles. The second-order valence-electron chi connectivity index (χ2n) is 6.10. The number of piperazine rings is 1. The van der Waals surface area contributed by atoms with Crippen molar-refractivity contribution in [3.8, 4) is 0 Å². The summed E-state index contributed by atoms with van der Waals surface area (Å²) in [7, 11) is 0. The summed E-state index contributed by atoms with van der Waals surface area (Å²) in [5.41, 5.74) is 3.06. The van der Waals surface area contributed by atoms with Gasteiger partial charge in [-0.3, -0.25) is 0 Å². The van der Waals surface area contributed by atoms with Gasteiger partial charge in [0.1, 0.15) is 5.82 Å². The zero-order valence-corrected chi connectivity index (χ0v) is 13.8. The minimum Gasteiger partial charge on any atom is -0.368 e. The Balaban J connectivity index is 1.68. The summed E-state index contributed by atoms with van der Waals surface area (Å²) in [4.78, 5) is 8.34. The fourth-order valence-corrected chi connectivity index (χ4v) is 3.00. The van der Waals surface area contributed by atoms with Crippen LogP contribution in [-0.4, -0.2) is 31.2 Å². The molecule has 128 valence electrons. The molecule has 1 saturated heterocycles. The highest BCUT2D eigenvalue weighted by atomic mass is 19.4. The Morgan fingerprint density at radius 3 is 2.17 bits per heavy atom. The summed E-state index contributed by atoms with van der Waals surface area (Å²) >= 11 is 0. The van der Waals surface area contributed by atoms with E-state index in [-0.39, 0.29) is 0 Å². The molecule has 0 N–H and O–H groups in total. The SMILES string of the molecule is Cc1cccc(N2CCN(c3ccc(C(F)(F)F)cn3)CC2)c1C. The molecule has 1 fully saturated rings. The van der Waals surface area contributed by atoms with Crippen molar-refractivity contribution in [2.75, 3.05) is 36.0 Å². The number of aryl methyl sites for hydroxylation is 1. The minimum atomic E-state index is -4.34. The van der Waals surface area contributed by atoms with E-state index in [2.05, 4.69) is 41.9 Å². The Morgan fingerprint density at radius 1 is 0.917 bits per heavy atom. The van der Waals surface area contributed by atoms with E-state index < -0.39 is 11.7 Å². The van der Waals surface area contributed by atoms with Crippen LogP contribution >= 0.6 is 0 Å². The topological polar surface area (TPSA) is 19.4 Å². The van der Waals surface area contributed by atoms with Crippen LogP contribution in [-0.2, 0) is 6.18 Å². The number of nitrogens with zero attached hydrogens (tertiary/aromatic N) is 3. The van der Waals surface area contributed by atoms with Crippen LogP contribution in [0.3, 0.4) is 0 Å². The van der Waals surface area contributed by atoms with Crippen LogP contribution in [0.2, 0.25) is 0 Å². The van der Waals surface area contributed by atoms with E-state index in [1.807, 2.05) is 4.90 Å². The van der Waals surface area contributed by atoms with E-state index in [0.29, 0.717) is 5.82 Å². The normalized spacial score (nSPS) is 15.7. The Bertz CT molecular complexity index is 702. The van der Waals surface area contributed by atoms with E-state index in [4.69, 9.17) is 0 Å². The summed E-state index contributed by atoms with van der Waals surface area (Å²) in [6.45, 7) is 7.35. The quantitative estimate of drug-likeness (QED) is 0.825. The molecule has 0 amide bonds. The molecule has 2 aromatic rings. The number of rotatable bonds is 2. The van der Waals surface area contributed by atoms with Crippen LogP contribution in [0.4, 0.5) is 24.7 Å². The van der Waals surface area contributed by atoms with Crippen molar-refractivity contribution in [2.24, 2.45) is 0 Å². The van der Waals surface area contributed by atoms with Gasteiger partial charge in [0.2, 0.25) is 0 Å². The van der Waals surface area contributed by atoms with E-state index in [0.717, 1.165) is 38.4 Å². The maximum Gasteiger partial charge on any atom is 0.417 e. The number of hydrogen-bond donors (Lipinski definition) is 0. The average molecular weight is 335 g/mol. The summed E-state index contributed by atoms with van der Waals surface area (Å²) in [5.74, 6) is 0.601. The van der Waals surface area contributed by atoms with Gasteiger partial charge in [-0.2, -0.15) is 13.2 Å².